The van der Waals surface area contributed by atoms with Gasteiger partial charge in [0.25, 0.3) is 0 Å². The second-order valence-electron chi connectivity index (χ2n) is 9.14. The molecule has 2 aromatic heterocycles. The third-order valence-electron chi connectivity index (χ3n) is 7.75. The highest BCUT2D eigenvalue weighted by molar-refractivity contribution is 6.00. The molecule has 4 fully saturated rings. The Morgan fingerprint density at radius 1 is 0.714 bits per heavy atom. The standard InChI is InChI=1S/C23H24N2O3/c26-21-15-7-5-13(11-17(15)21)19-3-1-9-24(19)23(28)25-10-2-4-20(25)14-6-8-16-18(12-14)22(16)27/h1-4,9-10,13-18H,5-8,11-12H2/t13-,14-,15+,16+,17-,18-/m0/s1. The van der Waals surface area contributed by atoms with Crippen LogP contribution in [-0.2, 0) is 9.59 Å². The molecule has 6 rings (SSSR count). The number of carbonyl (C=O) groups excluding carboxylic acids is 3. The Morgan fingerprint density at radius 3 is 1.61 bits per heavy atom. The van der Waals surface area contributed by atoms with Crippen LogP contribution < -0.4 is 0 Å². The third-order valence-corrected chi connectivity index (χ3v) is 7.75. The van der Waals surface area contributed by atoms with E-state index in [1.165, 1.54) is 0 Å². The number of carbonyl (C=O) groups is 3. The molecule has 0 aliphatic heterocycles. The zero-order chi connectivity index (χ0) is 19.0. The van der Waals surface area contributed by atoms with Crippen molar-refractivity contribution in [3.63, 3.8) is 0 Å². The predicted octanol–water partition coefficient (Wildman–Crippen LogP) is 3.97. The summed E-state index contributed by atoms with van der Waals surface area (Å²) in [5.74, 6) is 2.46. The number of hydrogen-bond donors (Lipinski definition) is 0. The molecule has 0 aromatic carbocycles. The van der Waals surface area contributed by atoms with Crippen molar-refractivity contribution >= 4 is 17.6 Å². The van der Waals surface area contributed by atoms with Crippen LogP contribution in [0.2, 0.25) is 0 Å². The monoisotopic (exact) mass is 376 g/mol. The quantitative estimate of drug-likeness (QED) is 0.797. The molecule has 4 saturated carbocycles. The van der Waals surface area contributed by atoms with Gasteiger partial charge in [-0.15, -0.1) is 0 Å². The first-order valence-electron chi connectivity index (χ1n) is 10.6. The normalized spacial score (nSPS) is 36.0. The molecule has 0 spiro atoms. The van der Waals surface area contributed by atoms with E-state index in [2.05, 4.69) is 0 Å². The SMILES string of the molecule is O=C1[C@H]2C[C@@H](c3cccn3C(=O)n3cccc3[C@H]3CC[C@H]4C(=O)[C@H]4C3)CC[C@@H]12. The minimum atomic E-state index is -0.0477. The van der Waals surface area contributed by atoms with E-state index >= 15 is 0 Å². The molecule has 0 amide bonds. The second-order valence-corrected chi connectivity index (χ2v) is 9.14. The average Bonchev–Trinajstić information content (AvgIpc) is 3.34. The molecule has 6 atom stereocenters. The van der Waals surface area contributed by atoms with Crippen LogP contribution in [0.5, 0.6) is 0 Å². The fourth-order valence-corrected chi connectivity index (χ4v) is 6.01. The van der Waals surface area contributed by atoms with Crippen molar-refractivity contribution in [2.24, 2.45) is 23.7 Å². The number of nitrogens with zero attached hydrogens (tertiary/aromatic N) is 2. The van der Waals surface area contributed by atoms with Gasteiger partial charge in [-0.3, -0.25) is 18.7 Å². The number of Topliss-reactive ketones (excluding diaryl/α,β-unsaturated/α-hetero) is 2. The first-order valence-corrected chi connectivity index (χ1v) is 10.6. The highest BCUT2D eigenvalue weighted by Gasteiger charge is 2.53. The minimum Gasteiger partial charge on any atom is -0.299 e. The van der Waals surface area contributed by atoms with Gasteiger partial charge in [0.05, 0.1) is 0 Å². The van der Waals surface area contributed by atoms with Crippen LogP contribution in [0.1, 0.15) is 61.7 Å². The van der Waals surface area contributed by atoms with E-state index in [0.29, 0.717) is 23.4 Å². The van der Waals surface area contributed by atoms with Gasteiger partial charge in [-0.1, -0.05) is 0 Å². The molecule has 0 unspecified atom stereocenters. The summed E-state index contributed by atoms with van der Waals surface area (Å²) < 4.78 is 3.55. The average molecular weight is 376 g/mol. The fourth-order valence-electron chi connectivity index (χ4n) is 6.01. The van der Waals surface area contributed by atoms with Crippen molar-refractivity contribution in [2.75, 3.05) is 0 Å². The largest absolute Gasteiger partial charge is 0.336 e. The van der Waals surface area contributed by atoms with Gasteiger partial charge in [-0.05, 0) is 62.8 Å². The van der Waals surface area contributed by atoms with Gasteiger partial charge in [0.15, 0.2) is 0 Å². The van der Waals surface area contributed by atoms with E-state index in [4.69, 9.17) is 0 Å². The summed E-state index contributed by atoms with van der Waals surface area (Å²) in [6.07, 6.45) is 9.35. The first-order chi connectivity index (χ1) is 13.6. The molecular weight excluding hydrogens is 352 g/mol. The van der Waals surface area contributed by atoms with Crippen LogP contribution in [0.25, 0.3) is 0 Å². The lowest BCUT2D eigenvalue weighted by molar-refractivity contribution is -0.112. The van der Waals surface area contributed by atoms with Crippen LogP contribution in [-0.4, -0.2) is 26.7 Å². The van der Waals surface area contributed by atoms with Gasteiger partial charge in [0.1, 0.15) is 11.6 Å². The molecule has 0 saturated heterocycles. The van der Waals surface area contributed by atoms with E-state index in [0.717, 1.165) is 49.9 Å². The Kier molecular flexibility index (Phi) is 3.41. The molecule has 0 radical (unpaired) electrons. The smallest absolute Gasteiger partial charge is 0.299 e. The number of hydrogen-bond acceptors (Lipinski definition) is 3. The summed E-state index contributed by atoms with van der Waals surface area (Å²) in [6.45, 7) is 0. The minimum absolute atomic E-state index is 0.0477. The van der Waals surface area contributed by atoms with E-state index in [-0.39, 0.29) is 29.7 Å². The summed E-state index contributed by atoms with van der Waals surface area (Å²) in [4.78, 5) is 37.0. The summed E-state index contributed by atoms with van der Waals surface area (Å²) in [5.41, 5.74) is 2.06. The molecule has 0 N–H and O–H groups in total. The molecule has 2 aromatic rings. The number of ketones is 2. The lowest BCUT2D eigenvalue weighted by Crippen LogP contribution is -2.25. The zero-order valence-electron chi connectivity index (χ0n) is 15.8. The van der Waals surface area contributed by atoms with E-state index in [1.54, 1.807) is 9.13 Å². The van der Waals surface area contributed by atoms with Crippen LogP contribution in [0.3, 0.4) is 0 Å². The van der Waals surface area contributed by atoms with Crippen molar-refractivity contribution in [3.05, 3.63) is 48.0 Å². The van der Waals surface area contributed by atoms with Crippen molar-refractivity contribution in [3.8, 4) is 0 Å². The molecular formula is C23H24N2O3. The maximum atomic E-state index is 13.4. The van der Waals surface area contributed by atoms with Gasteiger partial charge >= 0.3 is 6.03 Å². The van der Waals surface area contributed by atoms with Gasteiger partial charge in [-0.2, -0.15) is 0 Å². The van der Waals surface area contributed by atoms with Crippen LogP contribution >= 0.6 is 0 Å². The number of fused-ring (bicyclic) bond motifs is 2. The zero-order valence-corrected chi connectivity index (χ0v) is 15.8. The Bertz CT molecular complexity index is 921. The van der Waals surface area contributed by atoms with Crippen LogP contribution in [0, 0.1) is 23.7 Å². The lowest BCUT2D eigenvalue weighted by Gasteiger charge is -2.24. The van der Waals surface area contributed by atoms with Gasteiger partial charge in [0, 0.05) is 59.3 Å². The second kappa shape index (κ2) is 5.79. The van der Waals surface area contributed by atoms with Gasteiger partial charge in [0.2, 0.25) is 0 Å². The Balaban J connectivity index is 1.27. The van der Waals surface area contributed by atoms with Crippen LogP contribution in [0.4, 0.5) is 4.79 Å². The Morgan fingerprint density at radius 2 is 1.18 bits per heavy atom. The Labute approximate surface area is 163 Å². The predicted molar refractivity (Wildman–Crippen MR) is 102 cm³/mol. The van der Waals surface area contributed by atoms with Crippen molar-refractivity contribution < 1.29 is 14.4 Å². The van der Waals surface area contributed by atoms with E-state index in [1.807, 2.05) is 36.7 Å². The maximum absolute atomic E-state index is 13.4. The fraction of sp³-hybridized carbons (Fsp3) is 0.522. The Hall–Kier alpha value is -2.43. The molecule has 4 aliphatic rings. The number of aromatic nitrogens is 2. The molecule has 2 heterocycles. The summed E-state index contributed by atoms with van der Waals surface area (Å²) in [7, 11) is 0. The summed E-state index contributed by atoms with van der Waals surface area (Å²) in [6, 6.07) is 7.89. The third kappa shape index (κ3) is 2.34. The molecule has 0 bridgehead atoms. The van der Waals surface area contributed by atoms with Crippen molar-refractivity contribution in [1.82, 2.24) is 9.13 Å². The van der Waals surface area contributed by atoms with Crippen molar-refractivity contribution in [2.45, 2.75) is 50.4 Å². The maximum Gasteiger partial charge on any atom is 0.336 e. The highest BCUT2D eigenvalue weighted by atomic mass is 16.2. The number of rotatable bonds is 2. The molecule has 4 aliphatic carbocycles. The highest BCUT2D eigenvalue weighted by Crippen LogP contribution is 2.52. The lowest BCUT2D eigenvalue weighted by atomic mass is 9.86. The molecule has 144 valence electrons. The molecule has 5 nitrogen and oxygen atoms in total. The van der Waals surface area contributed by atoms with E-state index in [9.17, 15) is 14.4 Å². The van der Waals surface area contributed by atoms with Crippen LogP contribution in [0.15, 0.2) is 36.7 Å². The first kappa shape index (κ1) is 16.5. The van der Waals surface area contributed by atoms with E-state index < -0.39 is 0 Å². The topological polar surface area (TPSA) is 61.1 Å². The summed E-state index contributed by atoms with van der Waals surface area (Å²) in [5, 5.41) is 0. The van der Waals surface area contributed by atoms with Gasteiger partial charge < -0.3 is 0 Å². The molecule has 5 heteroatoms. The van der Waals surface area contributed by atoms with Gasteiger partial charge in [-0.25, -0.2) is 4.79 Å². The van der Waals surface area contributed by atoms with Crippen molar-refractivity contribution in [1.29, 1.82) is 0 Å². The molecule has 28 heavy (non-hydrogen) atoms. The summed E-state index contributed by atoms with van der Waals surface area (Å²) >= 11 is 0.